The molecule has 0 spiro atoms. The van der Waals surface area contributed by atoms with E-state index in [1.54, 1.807) is 42.7 Å². The van der Waals surface area contributed by atoms with Crippen LogP contribution in [0.4, 0.5) is 16.4 Å². The molecular formula is C17H15ClN4O2. The summed E-state index contributed by atoms with van der Waals surface area (Å²) in [7, 11) is 0. The van der Waals surface area contributed by atoms with E-state index in [1.807, 2.05) is 19.1 Å². The van der Waals surface area contributed by atoms with Gasteiger partial charge in [-0.05, 0) is 49.4 Å². The van der Waals surface area contributed by atoms with Crippen LogP contribution in [0.5, 0.6) is 0 Å². The van der Waals surface area contributed by atoms with Gasteiger partial charge in [0.25, 0.3) is 0 Å². The van der Waals surface area contributed by atoms with Gasteiger partial charge in [0, 0.05) is 23.1 Å². The second-order valence-electron chi connectivity index (χ2n) is 5.08. The number of nitrogens with one attached hydrogen (secondary N) is 1. The van der Waals surface area contributed by atoms with Gasteiger partial charge >= 0.3 is 6.03 Å². The maximum absolute atomic E-state index is 12.7. The van der Waals surface area contributed by atoms with E-state index in [1.165, 1.54) is 4.90 Å². The molecule has 2 heterocycles. The Balaban J connectivity index is 1.83. The second kappa shape index (κ2) is 7.14. The van der Waals surface area contributed by atoms with Gasteiger partial charge in [0.2, 0.25) is 5.95 Å². The van der Waals surface area contributed by atoms with Crippen LogP contribution in [0.15, 0.2) is 59.3 Å². The third-order valence-corrected chi connectivity index (χ3v) is 3.50. The van der Waals surface area contributed by atoms with Gasteiger partial charge in [-0.3, -0.25) is 4.90 Å². The van der Waals surface area contributed by atoms with Crippen LogP contribution in [0, 0.1) is 6.92 Å². The Labute approximate surface area is 144 Å². The highest BCUT2D eigenvalue weighted by Crippen LogP contribution is 2.18. The third-order valence-electron chi connectivity index (χ3n) is 3.24. The van der Waals surface area contributed by atoms with Gasteiger partial charge in [-0.25, -0.2) is 14.8 Å². The monoisotopic (exact) mass is 342 g/mol. The lowest BCUT2D eigenvalue weighted by Crippen LogP contribution is -2.35. The Bertz CT molecular complexity index is 818. The molecule has 0 radical (unpaired) electrons. The lowest BCUT2D eigenvalue weighted by molar-refractivity contribution is 0.255. The largest absolute Gasteiger partial charge is 0.464 e. The van der Waals surface area contributed by atoms with Gasteiger partial charge in [0.05, 0.1) is 6.54 Å². The number of amides is 2. The molecule has 2 amide bonds. The number of anilines is 2. The molecule has 0 bridgehead atoms. The van der Waals surface area contributed by atoms with Crippen molar-refractivity contribution in [3.8, 4) is 0 Å². The summed E-state index contributed by atoms with van der Waals surface area (Å²) in [5, 5.41) is 3.40. The Morgan fingerprint density at radius 3 is 2.50 bits per heavy atom. The molecular weight excluding hydrogens is 328 g/mol. The van der Waals surface area contributed by atoms with E-state index < -0.39 is 0 Å². The standard InChI is InChI=1S/C17H15ClN4O2/c1-12-3-8-15(24-12)11-22(16-19-9-2-10-20-16)17(23)21-14-6-4-13(18)5-7-14/h2-10H,11H2,1H3,(H,21,23). The van der Waals surface area contributed by atoms with Crippen molar-refractivity contribution in [1.82, 2.24) is 9.97 Å². The van der Waals surface area contributed by atoms with Gasteiger partial charge in [0.1, 0.15) is 11.5 Å². The molecule has 3 rings (SSSR count). The van der Waals surface area contributed by atoms with Crippen LogP contribution in [-0.4, -0.2) is 16.0 Å². The number of carbonyl (C=O) groups excluding carboxylic acids is 1. The van der Waals surface area contributed by atoms with Crippen molar-refractivity contribution in [3.05, 3.63) is 71.4 Å². The van der Waals surface area contributed by atoms with Crippen molar-refractivity contribution in [2.75, 3.05) is 10.2 Å². The molecule has 0 saturated carbocycles. The lowest BCUT2D eigenvalue weighted by atomic mass is 10.3. The average Bonchev–Trinajstić information content (AvgIpc) is 3.00. The lowest BCUT2D eigenvalue weighted by Gasteiger charge is -2.20. The fourth-order valence-corrected chi connectivity index (χ4v) is 2.24. The van der Waals surface area contributed by atoms with E-state index in [4.69, 9.17) is 16.0 Å². The fourth-order valence-electron chi connectivity index (χ4n) is 2.11. The highest BCUT2D eigenvalue weighted by Gasteiger charge is 2.20. The summed E-state index contributed by atoms with van der Waals surface area (Å²) in [6.07, 6.45) is 3.16. The van der Waals surface area contributed by atoms with Crippen LogP contribution < -0.4 is 10.2 Å². The molecule has 122 valence electrons. The summed E-state index contributed by atoms with van der Waals surface area (Å²) in [5.74, 6) is 1.71. The number of benzene rings is 1. The van der Waals surface area contributed by atoms with Crippen molar-refractivity contribution in [3.63, 3.8) is 0 Å². The van der Waals surface area contributed by atoms with Crippen LogP contribution in [0.3, 0.4) is 0 Å². The number of nitrogens with zero attached hydrogens (tertiary/aromatic N) is 3. The number of halogens is 1. The first-order valence-electron chi connectivity index (χ1n) is 7.28. The van der Waals surface area contributed by atoms with Crippen LogP contribution >= 0.6 is 11.6 Å². The molecule has 0 aliphatic heterocycles. The number of hydrogen-bond acceptors (Lipinski definition) is 4. The molecule has 0 aliphatic rings. The number of hydrogen-bond donors (Lipinski definition) is 1. The number of aromatic nitrogens is 2. The van der Waals surface area contributed by atoms with E-state index in [2.05, 4.69) is 15.3 Å². The van der Waals surface area contributed by atoms with E-state index in [0.29, 0.717) is 16.5 Å². The highest BCUT2D eigenvalue weighted by atomic mass is 35.5. The van der Waals surface area contributed by atoms with Crippen molar-refractivity contribution >= 4 is 29.3 Å². The van der Waals surface area contributed by atoms with Crippen LogP contribution in [0.2, 0.25) is 5.02 Å². The normalized spacial score (nSPS) is 10.4. The average molecular weight is 343 g/mol. The molecule has 0 aliphatic carbocycles. The van der Waals surface area contributed by atoms with Gasteiger partial charge in [-0.15, -0.1) is 0 Å². The summed E-state index contributed by atoms with van der Waals surface area (Å²) < 4.78 is 5.56. The molecule has 24 heavy (non-hydrogen) atoms. The van der Waals surface area contributed by atoms with Gasteiger partial charge < -0.3 is 9.73 Å². The molecule has 0 unspecified atom stereocenters. The van der Waals surface area contributed by atoms with E-state index >= 15 is 0 Å². The van der Waals surface area contributed by atoms with Crippen molar-refractivity contribution in [2.24, 2.45) is 0 Å². The van der Waals surface area contributed by atoms with E-state index in [0.717, 1.165) is 5.76 Å². The van der Waals surface area contributed by atoms with Crippen LogP contribution in [0.25, 0.3) is 0 Å². The quantitative estimate of drug-likeness (QED) is 0.768. The zero-order valence-electron chi connectivity index (χ0n) is 12.9. The zero-order valence-corrected chi connectivity index (χ0v) is 13.7. The van der Waals surface area contributed by atoms with Gasteiger partial charge in [-0.1, -0.05) is 11.6 Å². The summed E-state index contributed by atoms with van der Waals surface area (Å²) >= 11 is 5.86. The Morgan fingerprint density at radius 1 is 1.17 bits per heavy atom. The molecule has 0 atom stereocenters. The van der Waals surface area contributed by atoms with Crippen molar-refractivity contribution in [2.45, 2.75) is 13.5 Å². The second-order valence-corrected chi connectivity index (χ2v) is 5.52. The van der Waals surface area contributed by atoms with E-state index in [-0.39, 0.29) is 18.5 Å². The molecule has 0 saturated heterocycles. The molecule has 1 aromatic carbocycles. The highest BCUT2D eigenvalue weighted by molar-refractivity contribution is 6.30. The molecule has 6 nitrogen and oxygen atoms in total. The smallest absolute Gasteiger partial charge is 0.329 e. The fraction of sp³-hybridized carbons (Fsp3) is 0.118. The minimum absolute atomic E-state index is 0.220. The maximum Gasteiger partial charge on any atom is 0.329 e. The molecule has 7 heteroatoms. The predicted molar refractivity (Wildman–Crippen MR) is 92.1 cm³/mol. The number of carbonyl (C=O) groups is 1. The SMILES string of the molecule is Cc1ccc(CN(C(=O)Nc2ccc(Cl)cc2)c2ncccn2)o1. The van der Waals surface area contributed by atoms with Crippen molar-refractivity contribution in [1.29, 1.82) is 0 Å². The van der Waals surface area contributed by atoms with Gasteiger partial charge in [0.15, 0.2) is 0 Å². The number of furan rings is 1. The Kier molecular flexibility index (Phi) is 4.77. The van der Waals surface area contributed by atoms with Crippen LogP contribution in [-0.2, 0) is 6.54 Å². The summed E-state index contributed by atoms with van der Waals surface area (Å²) in [4.78, 5) is 22.4. The first kappa shape index (κ1) is 16.0. The predicted octanol–water partition coefficient (Wildman–Crippen LogP) is 4.27. The van der Waals surface area contributed by atoms with E-state index in [9.17, 15) is 4.79 Å². The molecule has 1 N–H and O–H groups in total. The first-order chi connectivity index (χ1) is 11.6. The maximum atomic E-state index is 12.7. The Morgan fingerprint density at radius 2 is 1.88 bits per heavy atom. The number of urea groups is 1. The number of rotatable bonds is 4. The Hall–Kier alpha value is -2.86. The molecule has 0 fully saturated rings. The summed E-state index contributed by atoms with van der Waals surface area (Å²) in [5.41, 5.74) is 0.626. The molecule has 3 aromatic rings. The third kappa shape index (κ3) is 3.91. The minimum atomic E-state index is -0.363. The summed E-state index contributed by atoms with van der Waals surface area (Å²) in [6, 6.07) is 11.8. The molecule has 2 aromatic heterocycles. The minimum Gasteiger partial charge on any atom is -0.464 e. The first-order valence-corrected chi connectivity index (χ1v) is 7.66. The summed E-state index contributed by atoms with van der Waals surface area (Å²) in [6.45, 7) is 2.07. The van der Waals surface area contributed by atoms with Crippen molar-refractivity contribution < 1.29 is 9.21 Å². The zero-order chi connectivity index (χ0) is 16.9. The van der Waals surface area contributed by atoms with Crippen LogP contribution in [0.1, 0.15) is 11.5 Å². The number of aryl methyl sites for hydroxylation is 1. The van der Waals surface area contributed by atoms with Gasteiger partial charge in [-0.2, -0.15) is 0 Å². The topological polar surface area (TPSA) is 71.3 Å².